The maximum Gasteiger partial charge on any atom is 0.224 e. The maximum absolute atomic E-state index is 13.5. The van der Waals surface area contributed by atoms with Gasteiger partial charge in [0.05, 0.1) is 10.7 Å². The van der Waals surface area contributed by atoms with Gasteiger partial charge in [0, 0.05) is 24.4 Å². The molecule has 5 heteroatoms. The number of halogens is 1. The van der Waals surface area contributed by atoms with Crippen LogP contribution in [0.2, 0.25) is 5.02 Å². The van der Waals surface area contributed by atoms with Gasteiger partial charge in [0.2, 0.25) is 5.91 Å². The molecule has 1 aliphatic carbocycles. The van der Waals surface area contributed by atoms with E-state index in [9.17, 15) is 9.59 Å². The molecule has 0 bridgehead atoms. The number of anilines is 1. The van der Waals surface area contributed by atoms with Crippen molar-refractivity contribution in [1.82, 2.24) is 4.90 Å². The van der Waals surface area contributed by atoms with Crippen molar-refractivity contribution >= 4 is 29.0 Å². The fraction of sp³-hybridized carbons (Fsp3) is 0.652. The average Bonchev–Trinajstić information content (AvgIpc) is 2.69. The Labute approximate surface area is 174 Å². The monoisotopic (exact) mass is 404 g/mol. The van der Waals surface area contributed by atoms with Gasteiger partial charge in [-0.3, -0.25) is 9.59 Å². The first-order chi connectivity index (χ1) is 13.5. The number of hydrogen-bond donors (Lipinski definition) is 1. The van der Waals surface area contributed by atoms with Crippen molar-refractivity contribution in [3.8, 4) is 0 Å². The number of amides is 1. The van der Waals surface area contributed by atoms with Gasteiger partial charge in [-0.25, -0.2) is 0 Å². The number of rotatable bonds is 8. The summed E-state index contributed by atoms with van der Waals surface area (Å²) >= 11 is 6.56. The number of benzene rings is 1. The van der Waals surface area contributed by atoms with Crippen LogP contribution in [-0.2, 0) is 17.6 Å². The standard InChI is InChI=1S/C23H33ClN2O2/c1-4-6-12-26(13-7-5-2)14-16-8-9-17-15(3)21(24)22-18(20(17)23(16)28)10-11-19(27)25-22/h16H,4-14H2,1-3H3,(H,25,27). The molecule has 0 radical (unpaired) electrons. The highest BCUT2D eigenvalue weighted by Crippen LogP contribution is 2.42. The highest BCUT2D eigenvalue weighted by atomic mass is 35.5. The Bertz CT molecular complexity index is 752. The van der Waals surface area contributed by atoms with Gasteiger partial charge in [0.25, 0.3) is 0 Å². The van der Waals surface area contributed by atoms with Crippen molar-refractivity contribution in [3.63, 3.8) is 0 Å². The van der Waals surface area contributed by atoms with E-state index < -0.39 is 0 Å². The van der Waals surface area contributed by atoms with Crippen LogP contribution >= 0.6 is 11.6 Å². The molecule has 4 nitrogen and oxygen atoms in total. The van der Waals surface area contributed by atoms with E-state index in [1.807, 2.05) is 6.92 Å². The summed E-state index contributed by atoms with van der Waals surface area (Å²) < 4.78 is 0. The summed E-state index contributed by atoms with van der Waals surface area (Å²) in [4.78, 5) is 27.9. The molecule has 1 amide bonds. The number of fused-ring (bicyclic) bond motifs is 3. The summed E-state index contributed by atoms with van der Waals surface area (Å²) in [5.41, 5.74) is 4.57. The molecule has 1 atom stereocenters. The molecule has 1 aromatic rings. The predicted molar refractivity (Wildman–Crippen MR) is 116 cm³/mol. The first-order valence-corrected chi connectivity index (χ1v) is 11.3. The summed E-state index contributed by atoms with van der Waals surface area (Å²) in [6.45, 7) is 9.40. The fourth-order valence-electron chi connectivity index (χ4n) is 4.58. The summed E-state index contributed by atoms with van der Waals surface area (Å²) in [6, 6.07) is 0. The minimum absolute atomic E-state index is 0.0149. The SMILES string of the molecule is CCCCN(CCCC)CC1CCc2c(C)c(Cl)c3c(c2C1=O)CCC(=O)N3. The number of carbonyl (C=O) groups is 2. The number of unbranched alkanes of at least 4 members (excludes halogenated alkanes) is 2. The van der Waals surface area contributed by atoms with E-state index >= 15 is 0 Å². The summed E-state index contributed by atoms with van der Waals surface area (Å²) in [7, 11) is 0. The lowest BCUT2D eigenvalue weighted by atomic mass is 9.76. The Morgan fingerprint density at radius 1 is 1.04 bits per heavy atom. The van der Waals surface area contributed by atoms with Crippen molar-refractivity contribution in [2.75, 3.05) is 25.0 Å². The number of nitrogens with one attached hydrogen (secondary N) is 1. The van der Waals surface area contributed by atoms with Gasteiger partial charge >= 0.3 is 0 Å². The Morgan fingerprint density at radius 2 is 1.71 bits per heavy atom. The number of Topliss-reactive ketones (excluding diaryl/α,β-unsaturated/α-hetero) is 1. The first-order valence-electron chi connectivity index (χ1n) is 10.9. The zero-order valence-corrected chi connectivity index (χ0v) is 18.3. The average molecular weight is 405 g/mol. The first kappa shape index (κ1) is 21.3. The van der Waals surface area contributed by atoms with Crippen LogP contribution in [0, 0.1) is 12.8 Å². The highest BCUT2D eigenvalue weighted by molar-refractivity contribution is 6.35. The molecule has 0 spiro atoms. The van der Waals surface area contributed by atoms with Crippen molar-refractivity contribution in [2.24, 2.45) is 5.92 Å². The molecule has 1 aromatic carbocycles. The van der Waals surface area contributed by atoms with Crippen LogP contribution in [0.3, 0.4) is 0 Å². The zero-order valence-electron chi connectivity index (χ0n) is 17.5. The fourth-order valence-corrected chi connectivity index (χ4v) is 4.85. The van der Waals surface area contributed by atoms with Gasteiger partial charge in [-0.15, -0.1) is 0 Å². The van der Waals surface area contributed by atoms with E-state index in [1.54, 1.807) is 0 Å². The van der Waals surface area contributed by atoms with E-state index in [0.717, 1.165) is 54.7 Å². The topological polar surface area (TPSA) is 49.4 Å². The summed E-state index contributed by atoms with van der Waals surface area (Å²) in [6.07, 6.45) is 7.53. The van der Waals surface area contributed by atoms with Crippen molar-refractivity contribution in [3.05, 3.63) is 27.3 Å². The van der Waals surface area contributed by atoms with Crippen molar-refractivity contribution < 1.29 is 9.59 Å². The van der Waals surface area contributed by atoms with Crippen LogP contribution in [0.5, 0.6) is 0 Å². The lowest BCUT2D eigenvalue weighted by molar-refractivity contribution is -0.116. The van der Waals surface area contributed by atoms with Gasteiger partial charge in [0.1, 0.15) is 0 Å². The molecule has 2 aliphatic rings. The second-order valence-electron chi connectivity index (χ2n) is 8.30. The maximum atomic E-state index is 13.5. The lowest BCUT2D eigenvalue weighted by Gasteiger charge is -2.33. The Hall–Kier alpha value is -1.39. The molecule has 0 fully saturated rings. The van der Waals surface area contributed by atoms with E-state index in [1.165, 1.54) is 25.7 Å². The second-order valence-corrected chi connectivity index (χ2v) is 8.68. The Balaban J connectivity index is 1.88. The molecule has 1 N–H and O–H groups in total. The molecular weight excluding hydrogens is 372 g/mol. The van der Waals surface area contributed by atoms with Gasteiger partial charge in [-0.1, -0.05) is 38.3 Å². The van der Waals surface area contributed by atoms with Crippen LogP contribution in [0.25, 0.3) is 0 Å². The zero-order chi connectivity index (χ0) is 20.3. The summed E-state index contributed by atoms with van der Waals surface area (Å²) in [5, 5.41) is 3.53. The van der Waals surface area contributed by atoms with Crippen molar-refractivity contribution in [2.45, 2.75) is 72.1 Å². The minimum atomic E-state index is -0.0149. The number of nitrogens with zero attached hydrogens (tertiary/aromatic N) is 1. The molecular formula is C23H33ClN2O2. The molecule has 1 heterocycles. The molecule has 28 heavy (non-hydrogen) atoms. The molecule has 3 rings (SSSR count). The molecule has 154 valence electrons. The van der Waals surface area contributed by atoms with Gasteiger partial charge < -0.3 is 10.2 Å². The normalized spacial score (nSPS) is 18.8. The minimum Gasteiger partial charge on any atom is -0.325 e. The third-order valence-electron chi connectivity index (χ3n) is 6.27. The number of hydrogen-bond acceptors (Lipinski definition) is 3. The second kappa shape index (κ2) is 9.41. The van der Waals surface area contributed by atoms with E-state index in [4.69, 9.17) is 11.6 Å². The van der Waals surface area contributed by atoms with E-state index in [-0.39, 0.29) is 17.6 Å². The third-order valence-corrected chi connectivity index (χ3v) is 6.74. The lowest BCUT2D eigenvalue weighted by Crippen LogP contribution is -2.38. The van der Waals surface area contributed by atoms with Crippen LogP contribution < -0.4 is 5.32 Å². The highest BCUT2D eigenvalue weighted by Gasteiger charge is 2.35. The van der Waals surface area contributed by atoms with Gasteiger partial charge in [-0.2, -0.15) is 0 Å². The number of carbonyl (C=O) groups excluding carboxylic acids is 2. The number of ketones is 1. The Kier molecular flexibility index (Phi) is 7.16. The molecule has 0 saturated heterocycles. The molecule has 0 saturated carbocycles. The van der Waals surface area contributed by atoms with Gasteiger partial charge in [0.15, 0.2) is 5.78 Å². The molecule has 1 aliphatic heterocycles. The van der Waals surface area contributed by atoms with Gasteiger partial charge in [-0.05, 0) is 68.8 Å². The third kappa shape index (κ3) is 4.28. The summed E-state index contributed by atoms with van der Waals surface area (Å²) in [5.74, 6) is 0.286. The smallest absolute Gasteiger partial charge is 0.224 e. The van der Waals surface area contributed by atoms with E-state index in [2.05, 4.69) is 24.1 Å². The predicted octanol–water partition coefficient (Wildman–Crippen LogP) is 5.18. The van der Waals surface area contributed by atoms with Crippen LogP contribution in [0.4, 0.5) is 5.69 Å². The molecule has 0 aromatic heterocycles. The van der Waals surface area contributed by atoms with E-state index in [0.29, 0.717) is 23.6 Å². The van der Waals surface area contributed by atoms with Crippen LogP contribution in [0.1, 0.15) is 79.4 Å². The molecule has 1 unspecified atom stereocenters. The van der Waals surface area contributed by atoms with Crippen LogP contribution in [0.15, 0.2) is 0 Å². The quantitative estimate of drug-likeness (QED) is 0.649. The van der Waals surface area contributed by atoms with Crippen molar-refractivity contribution in [1.29, 1.82) is 0 Å². The largest absolute Gasteiger partial charge is 0.325 e. The van der Waals surface area contributed by atoms with Crippen LogP contribution in [-0.4, -0.2) is 36.2 Å². The Morgan fingerprint density at radius 3 is 2.36 bits per heavy atom.